The molecule has 0 aliphatic carbocycles. The first-order valence-corrected chi connectivity index (χ1v) is 11.1. The van der Waals surface area contributed by atoms with Gasteiger partial charge >= 0.3 is 0 Å². The van der Waals surface area contributed by atoms with Gasteiger partial charge < -0.3 is 10.2 Å². The van der Waals surface area contributed by atoms with Crippen LogP contribution in [0.1, 0.15) is 21.5 Å². The van der Waals surface area contributed by atoms with E-state index in [2.05, 4.69) is 5.32 Å². The minimum Gasteiger partial charge on any atom is -0.348 e. The van der Waals surface area contributed by atoms with E-state index in [1.165, 1.54) is 11.8 Å². The second kappa shape index (κ2) is 9.18. The van der Waals surface area contributed by atoms with Gasteiger partial charge in [-0.2, -0.15) is 0 Å². The van der Waals surface area contributed by atoms with E-state index >= 15 is 0 Å². The van der Waals surface area contributed by atoms with Gasteiger partial charge in [0.25, 0.3) is 11.8 Å². The Bertz CT molecular complexity index is 1210. The molecule has 0 aromatic heterocycles. The summed E-state index contributed by atoms with van der Waals surface area (Å²) in [5, 5.41) is 4.07. The Morgan fingerprint density at radius 1 is 1.03 bits per heavy atom. The van der Waals surface area contributed by atoms with Gasteiger partial charge in [-0.05, 0) is 47.5 Å². The molecule has 0 spiro atoms. The van der Waals surface area contributed by atoms with Crippen molar-refractivity contribution in [1.82, 2.24) is 5.32 Å². The molecule has 4 rings (SSSR count). The minimum absolute atomic E-state index is 0.147. The van der Waals surface area contributed by atoms with Gasteiger partial charge in [0.15, 0.2) is 0 Å². The summed E-state index contributed by atoms with van der Waals surface area (Å²) in [5.74, 6) is -0.378. The molecule has 1 N–H and O–H groups in total. The molecule has 0 fully saturated rings. The van der Waals surface area contributed by atoms with E-state index in [1.807, 2.05) is 42.5 Å². The third kappa shape index (κ3) is 4.64. The van der Waals surface area contributed by atoms with Crippen molar-refractivity contribution in [1.29, 1.82) is 0 Å². The van der Waals surface area contributed by atoms with Crippen LogP contribution in [-0.4, -0.2) is 18.9 Å². The highest BCUT2D eigenvalue weighted by Gasteiger charge is 2.27. The lowest BCUT2D eigenvalue weighted by Crippen LogP contribution is -2.31. The van der Waals surface area contributed by atoms with Crippen molar-refractivity contribution < 1.29 is 9.59 Å². The zero-order valence-electron chi connectivity index (χ0n) is 16.6. The first-order valence-electron chi connectivity index (χ1n) is 9.52. The Morgan fingerprint density at radius 3 is 2.48 bits per heavy atom. The molecule has 7 heteroatoms. The molecule has 0 saturated heterocycles. The number of carbonyl (C=O) groups is 2. The lowest BCUT2D eigenvalue weighted by Gasteiger charge is -2.27. The number of carbonyl (C=O) groups excluding carboxylic acids is 2. The van der Waals surface area contributed by atoms with E-state index < -0.39 is 0 Å². The zero-order valence-corrected chi connectivity index (χ0v) is 18.9. The number of nitrogens with zero attached hydrogens (tertiary/aromatic N) is 1. The Morgan fingerprint density at radius 2 is 1.74 bits per heavy atom. The summed E-state index contributed by atoms with van der Waals surface area (Å²) in [6.45, 7) is 0.323. The van der Waals surface area contributed by atoms with Crippen molar-refractivity contribution in [2.45, 2.75) is 11.4 Å². The van der Waals surface area contributed by atoms with Crippen LogP contribution in [-0.2, 0) is 11.3 Å². The van der Waals surface area contributed by atoms with Gasteiger partial charge in [0.2, 0.25) is 0 Å². The van der Waals surface area contributed by atoms with Crippen LogP contribution in [0.2, 0.25) is 10.0 Å². The number of anilines is 1. The zero-order chi connectivity index (χ0) is 22.0. The molecule has 3 aromatic rings. The van der Waals surface area contributed by atoms with Crippen molar-refractivity contribution in [3.8, 4) is 0 Å². The number of fused-ring (bicyclic) bond motifs is 1. The van der Waals surface area contributed by atoms with Gasteiger partial charge in [-0.15, -0.1) is 0 Å². The first-order chi connectivity index (χ1) is 14.9. The highest BCUT2D eigenvalue weighted by Crippen LogP contribution is 2.42. The number of halogens is 2. The fourth-order valence-electron chi connectivity index (χ4n) is 3.19. The fraction of sp³-hybridized carbons (Fsp3) is 0.0833. The molecule has 2 amide bonds. The van der Waals surface area contributed by atoms with E-state index in [0.29, 0.717) is 32.7 Å². The van der Waals surface area contributed by atoms with Crippen LogP contribution in [0.3, 0.4) is 0 Å². The van der Waals surface area contributed by atoms with Gasteiger partial charge in [0, 0.05) is 34.1 Å². The van der Waals surface area contributed by atoms with Crippen LogP contribution < -0.4 is 10.2 Å². The molecule has 1 aliphatic rings. The average Bonchev–Trinajstić information content (AvgIpc) is 2.78. The molecule has 0 atom stereocenters. The number of amides is 2. The number of thioether (sulfide) groups is 1. The average molecular weight is 469 g/mol. The Balaban J connectivity index is 1.55. The number of rotatable bonds is 4. The number of hydrogen-bond acceptors (Lipinski definition) is 3. The predicted octanol–water partition coefficient (Wildman–Crippen LogP) is 6.03. The lowest BCUT2D eigenvalue weighted by atomic mass is 10.1. The van der Waals surface area contributed by atoms with Crippen molar-refractivity contribution in [2.24, 2.45) is 0 Å². The highest BCUT2D eigenvalue weighted by molar-refractivity contribution is 8.04. The van der Waals surface area contributed by atoms with Crippen molar-refractivity contribution in [3.63, 3.8) is 0 Å². The quantitative estimate of drug-likeness (QED) is 0.475. The minimum atomic E-state index is -0.231. The van der Waals surface area contributed by atoms with Crippen LogP contribution >= 0.6 is 35.0 Å². The predicted molar refractivity (Wildman–Crippen MR) is 128 cm³/mol. The third-order valence-corrected chi connectivity index (χ3v) is 6.70. The van der Waals surface area contributed by atoms with Crippen molar-refractivity contribution >= 4 is 58.5 Å². The van der Waals surface area contributed by atoms with E-state index in [0.717, 1.165) is 16.0 Å². The summed E-state index contributed by atoms with van der Waals surface area (Å²) < 4.78 is 0. The van der Waals surface area contributed by atoms with Gasteiger partial charge in [-0.3, -0.25) is 9.59 Å². The number of nitrogens with one attached hydrogen (secondary N) is 1. The fourth-order valence-corrected chi connectivity index (χ4v) is 4.66. The summed E-state index contributed by atoms with van der Waals surface area (Å²) >= 11 is 13.8. The lowest BCUT2D eigenvalue weighted by molar-refractivity contribution is -0.114. The molecule has 1 heterocycles. The Labute approximate surface area is 194 Å². The molecule has 0 saturated carbocycles. The SMILES string of the molecule is CN1C(=O)C(=Cc2ccccc2Cl)Sc2ccc(C(=O)NCc3ccccc3Cl)cc21. The maximum absolute atomic E-state index is 12.9. The molecule has 31 heavy (non-hydrogen) atoms. The molecule has 1 aliphatic heterocycles. The first kappa shape index (κ1) is 21.5. The highest BCUT2D eigenvalue weighted by atomic mass is 35.5. The molecule has 4 nitrogen and oxygen atoms in total. The van der Waals surface area contributed by atoms with Crippen LogP contribution in [0.25, 0.3) is 6.08 Å². The second-order valence-corrected chi connectivity index (χ2v) is 8.85. The summed E-state index contributed by atoms with van der Waals surface area (Å²) in [7, 11) is 1.70. The van der Waals surface area contributed by atoms with E-state index in [9.17, 15) is 9.59 Å². The van der Waals surface area contributed by atoms with Crippen LogP contribution in [0.5, 0.6) is 0 Å². The molecular formula is C24H18Cl2N2O2S. The maximum Gasteiger partial charge on any atom is 0.264 e. The van der Waals surface area contributed by atoms with E-state index in [1.54, 1.807) is 42.3 Å². The third-order valence-electron chi connectivity index (χ3n) is 4.91. The number of hydrogen-bond donors (Lipinski definition) is 1. The number of benzene rings is 3. The second-order valence-electron chi connectivity index (χ2n) is 6.95. The van der Waals surface area contributed by atoms with Gasteiger partial charge in [0.05, 0.1) is 10.6 Å². The summed E-state index contributed by atoms with van der Waals surface area (Å²) in [6.07, 6.45) is 1.79. The van der Waals surface area contributed by atoms with E-state index in [4.69, 9.17) is 23.2 Å². The maximum atomic E-state index is 12.9. The summed E-state index contributed by atoms with van der Waals surface area (Å²) in [4.78, 5) is 28.6. The molecule has 0 radical (unpaired) electrons. The molecule has 0 bridgehead atoms. The van der Waals surface area contributed by atoms with Gasteiger partial charge in [0.1, 0.15) is 0 Å². The van der Waals surface area contributed by atoms with E-state index in [-0.39, 0.29) is 11.8 Å². The largest absolute Gasteiger partial charge is 0.348 e. The number of likely N-dealkylation sites (N-methyl/N-ethyl adjacent to an activating group) is 1. The van der Waals surface area contributed by atoms with Crippen LogP contribution in [0, 0.1) is 0 Å². The van der Waals surface area contributed by atoms with Crippen molar-refractivity contribution in [2.75, 3.05) is 11.9 Å². The molecule has 156 valence electrons. The topological polar surface area (TPSA) is 49.4 Å². The molecular weight excluding hydrogens is 451 g/mol. The summed E-state index contributed by atoms with van der Waals surface area (Å²) in [6, 6.07) is 20.1. The Kier molecular flexibility index (Phi) is 6.37. The normalized spacial score (nSPS) is 14.5. The van der Waals surface area contributed by atoms with Crippen molar-refractivity contribution in [3.05, 3.63) is 98.4 Å². The standard InChI is InChI=1S/C24H18Cl2N2O2S/c1-28-20-12-16(23(29)27-14-17-7-3-5-9-19(17)26)10-11-21(20)31-22(24(28)30)13-15-6-2-4-8-18(15)25/h2-13H,14H2,1H3,(H,27,29). The van der Waals surface area contributed by atoms with Crippen LogP contribution in [0.4, 0.5) is 5.69 Å². The molecule has 0 unspecified atom stereocenters. The van der Waals surface area contributed by atoms with Gasteiger partial charge in [-0.1, -0.05) is 71.4 Å². The summed E-state index contributed by atoms with van der Waals surface area (Å²) in [5.41, 5.74) is 2.79. The Hall–Kier alpha value is -2.73. The van der Waals surface area contributed by atoms with Gasteiger partial charge in [-0.25, -0.2) is 0 Å². The molecule has 3 aromatic carbocycles. The smallest absolute Gasteiger partial charge is 0.264 e. The van der Waals surface area contributed by atoms with Crippen LogP contribution in [0.15, 0.2) is 76.5 Å². The monoisotopic (exact) mass is 468 g/mol.